The van der Waals surface area contributed by atoms with E-state index in [1.54, 1.807) is 0 Å². The van der Waals surface area contributed by atoms with Gasteiger partial charge in [-0.05, 0) is 44.7 Å². The van der Waals surface area contributed by atoms with Gasteiger partial charge in [0.2, 0.25) is 0 Å². The molecule has 2 N–H and O–H groups in total. The number of nitrogens with zero attached hydrogens (tertiary/aromatic N) is 1. The summed E-state index contributed by atoms with van der Waals surface area (Å²) in [6.45, 7) is 10.2. The van der Waals surface area contributed by atoms with Gasteiger partial charge in [0, 0.05) is 12.1 Å². The Bertz CT molecular complexity index is 205. The third kappa shape index (κ3) is 4.55. The van der Waals surface area contributed by atoms with Crippen LogP contribution in [0.15, 0.2) is 0 Å². The molecule has 0 aliphatic heterocycles. The zero-order valence-electron chi connectivity index (χ0n) is 12.9. The Morgan fingerprint density at radius 2 is 1.72 bits per heavy atom. The van der Waals surface area contributed by atoms with Crippen molar-refractivity contribution >= 4 is 0 Å². The lowest BCUT2D eigenvalue weighted by Crippen LogP contribution is -2.53. The Hall–Kier alpha value is -0.0800. The average Bonchev–Trinajstić information content (AvgIpc) is 2.60. The molecule has 0 aromatic rings. The van der Waals surface area contributed by atoms with Gasteiger partial charge >= 0.3 is 0 Å². The molecule has 0 unspecified atom stereocenters. The van der Waals surface area contributed by atoms with E-state index in [0.717, 1.165) is 19.0 Å². The van der Waals surface area contributed by atoms with E-state index in [1.165, 1.54) is 57.9 Å². The summed E-state index contributed by atoms with van der Waals surface area (Å²) in [4.78, 5) is 2.70. The average molecular weight is 254 g/mol. The van der Waals surface area contributed by atoms with Crippen LogP contribution < -0.4 is 5.73 Å². The van der Waals surface area contributed by atoms with Crippen molar-refractivity contribution < 1.29 is 0 Å². The molecule has 0 atom stereocenters. The Balaban J connectivity index is 2.57. The van der Waals surface area contributed by atoms with Crippen LogP contribution in [0.4, 0.5) is 0 Å². The van der Waals surface area contributed by atoms with Gasteiger partial charge < -0.3 is 5.73 Å². The summed E-state index contributed by atoms with van der Waals surface area (Å²) in [5.41, 5.74) is 6.50. The highest BCUT2D eigenvalue weighted by Gasteiger charge is 2.34. The summed E-state index contributed by atoms with van der Waals surface area (Å²) in [7, 11) is 0. The van der Waals surface area contributed by atoms with Crippen LogP contribution in [0, 0.1) is 5.92 Å². The first-order valence-electron chi connectivity index (χ1n) is 8.10. The minimum Gasteiger partial charge on any atom is -0.329 e. The fourth-order valence-corrected chi connectivity index (χ4v) is 3.46. The van der Waals surface area contributed by atoms with Crippen molar-refractivity contribution in [3.05, 3.63) is 0 Å². The third-order valence-electron chi connectivity index (χ3n) is 4.68. The lowest BCUT2D eigenvalue weighted by molar-refractivity contribution is 0.0805. The molecule has 0 saturated heterocycles. The van der Waals surface area contributed by atoms with Gasteiger partial charge in [0.25, 0.3) is 0 Å². The van der Waals surface area contributed by atoms with Crippen molar-refractivity contribution in [2.75, 3.05) is 19.6 Å². The summed E-state index contributed by atoms with van der Waals surface area (Å²) in [5.74, 6) is 0.826. The highest BCUT2D eigenvalue weighted by atomic mass is 15.2. The summed E-state index contributed by atoms with van der Waals surface area (Å²) in [6.07, 6.45) is 10.9. The fourth-order valence-electron chi connectivity index (χ4n) is 3.46. The van der Waals surface area contributed by atoms with E-state index >= 15 is 0 Å². The van der Waals surface area contributed by atoms with Crippen LogP contribution in [0.1, 0.15) is 72.1 Å². The maximum atomic E-state index is 6.17. The molecule has 1 aliphatic carbocycles. The Morgan fingerprint density at radius 1 is 1.11 bits per heavy atom. The van der Waals surface area contributed by atoms with Gasteiger partial charge in [0.1, 0.15) is 0 Å². The topological polar surface area (TPSA) is 29.3 Å². The molecular formula is C16H34N2. The number of hydrogen-bond acceptors (Lipinski definition) is 2. The molecule has 0 heterocycles. The number of hydrogen-bond donors (Lipinski definition) is 1. The van der Waals surface area contributed by atoms with Gasteiger partial charge in [-0.3, -0.25) is 4.90 Å². The van der Waals surface area contributed by atoms with Crippen LogP contribution in [0.5, 0.6) is 0 Å². The second kappa shape index (κ2) is 8.16. The molecule has 108 valence electrons. The van der Waals surface area contributed by atoms with E-state index < -0.39 is 0 Å². The van der Waals surface area contributed by atoms with Gasteiger partial charge in [-0.2, -0.15) is 0 Å². The van der Waals surface area contributed by atoms with Crippen LogP contribution in [-0.2, 0) is 0 Å². The monoisotopic (exact) mass is 254 g/mol. The Labute approximate surface area is 114 Å². The van der Waals surface area contributed by atoms with Gasteiger partial charge in [-0.1, -0.05) is 46.5 Å². The van der Waals surface area contributed by atoms with E-state index in [-0.39, 0.29) is 0 Å². The SMILES string of the molecule is CCN(CCCC(C)C)C1(CN)CCCCCC1. The molecule has 1 aliphatic rings. The van der Waals surface area contributed by atoms with Gasteiger partial charge in [-0.25, -0.2) is 0 Å². The zero-order valence-corrected chi connectivity index (χ0v) is 12.9. The van der Waals surface area contributed by atoms with E-state index in [9.17, 15) is 0 Å². The predicted molar refractivity (Wildman–Crippen MR) is 80.8 cm³/mol. The Kier molecular flexibility index (Phi) is 7.25. The number of nitrogens with two attached hydrogens (primary N) is 1. The van der Waals surface area contributed by atoms with Crippen LogP contribution in [0.2, 0.25) is 0 Å². The van der Waals surface area contributed by atoms with E-state index in [1.807, 2.05) is 0 Å². The first-order chi connectivity index (χ1) is 8.64. The first-order valence-corrected chi connectivity index (χ1v) is 8.10. The summed E-state index contributed by atoms with van der Waals surface area (Å²) in [5, 5.41) is 0. The van der Waals surface area contributed by atoms with Crippen molar-refractivity contribution in [2.45, 2.75) is 77.7 Å². The summed E-state index contributed by atoms with van der Waals surface area (Å²) >= 11 is 0. The Morgan fingerprint density at radius 3 is 2.17 bits per heavy atom. The van der Waals surface area contributed by atoms with Gasteiger partial charge in [-0.15, -0.1) is 0 Å². The van der Waals surface area contributed by atoms with Gasteiger partial charge in [0.05, 0.1) is 0 Å². The molecule has 0 aromatic heterocycles. The second-order valence-corrected chi connectivity index (χ2v) is 6.46. The minimum absolute atomic E-state index is 0.322. The van der Waals surface area contributed by atoms with Crippen molar-refractivity contribution in [1.29, 1.82) is 0 Å². The van der Waals surface area contributed by atoms with Crippen molar-refractivity contribution in [3.8, 4) is 0 Å². The molecular weight excluding hydrogens is 220 g/mol. The first kappa shape index (κ1) is 16.0. The van der Waals surface area contributed by atoms with Crippen LogP contribution in [-0.4, -0.2) is 30.1 Å². The fraction of sp³-hybridized carbons (Fsp3) is 1.00. The van der Waals surface area contributed by atoms with E-state index in [0.29, 0.717) is 5.54 Å². The maximum Gasteiger partial charge on any atom is 0.0331 e. The quantitative estimate of drug-likeness (QED) is 0.700. The lowest BCUT2D eigenvalue weighted by Gasteiger charge is -2.43. The van der Waals surface area contributed by atoms with E-state index in [4.69, 9.17) is 5.73 Å². The third-order valence-corrected chi connectivity index (χ3v) is 4.68. The highest BCUT2D eigenvalue weighted by molar-refractivity contribution is 4.92. The lowest BCUT2D eigenvalue weighted by atomic mass is 9.87. The van der Waals surface area contributed by atoms with Crippen molar-refractivity contribution in [1.82, 2.24) is 4.90 Å². The molecule has 1 rings (SSSR count). The predicted octanol–water partition coefficient (Wildman–Crippen LogP) is 3.80. The second-order valence-electron chi connectivity index (χ2n) is 6.46. The molecule has 18 heavy (non-hydrogen) atoms. The van der Waals surface area contributed by atoms with Gasteiger partial charge in [0.15, 0.2) is 0 Å². The normalized spacial score (nSPS) is 20.3. The zero-order chi connectivity index (χ0) is 13.4. The molecule has 1 fully saturated rings. The van der Waals surface area contributed by atoms with Crippen molar-refractivity contribution in [2.24, 2.45) is 11.7 Å². The van der Waals surface area contributed by atoms with Crippen LogP contribution in [0.25, 0.3) is 0 Å². The number of likely N-dealkylation sites (N-methyl/N-ethyl adjacent to an activating group) is 1. The molecule has 0 radical (unpaired) electrons. The molecule has 0 bridgehead atoms. The molecule has 0 amide bonds. The van der Waals surface area contributed by atoms with Crippen LogP contribution >= 0.6 is 0 Å². The maximum absolute atomic E-state index is 6.17. The standard InChI is InChI=1S/C16H34N2/c1-4-18(13-9-10-15(2)3)16(14-17)11-7-5-6-8-12-16/h15H,4-14,17H2,1-3H3. The summed E-state index contributed by atoms with van der Waals surface area (Å²) in [6, 6.07) is 0. The molecule has 2 heteroatoms. The molecule has 0 aromatic carbocycles. The largest absolute Gasteiger partial charge is 0.329 e. The van der Waals surface area contributed by atoms with Crippen molar-refractivity contribution in [3.63, 3.8) is 0 Å². The number of rotatable bonds is 7. The van der Waals surface area contributed by atoms with E-state index in [2.05, 4.69) is 25.7 Å². The van der Waals surface area contributed by atoms with Crippen LogP contribution in [0.3, 0.4) is 0 Å². The summed E-state index contributed by atoms with van der Waals surface area (Å²) < 4.78 is 0. The minimum atomic E-state index is 0.322. The molecule has 1 saturated carbocycles. The molecule has 0 spiro atoms. The smallest absolute Gasteiger partial charge is 0.0331 e. The highest BCUT2D eigenvalue weighted by Crippen LogP contribution is 2.32. The molecule has 2 nitrogen and oxygen atoms in total.